The first-order valence-electron chi connectivity index (χ1n) is 7.71. The van der Waals surface area contributed by atoms with Gasteiger partial charge in [-0.25, -0.2) is 9.78 Å². The maximum absolute atomic E-state index is 11.5. The first kappa shape index (κ1) is 18.3. The number of ether oxygens (including phenoxy) is 2. The molecule has 0 saturated carbocycles. The van der Waals surface area contributed by atoms with E-state index >= 15 is 0 Å². The van der Waals surface area contributed by atoms with E-state index in [4.69, 9.17) is 9.47 Å². The minimum atomic E-state index is -0.546. The summed E-state index contributed by atoms with van der Waals surface area (Å²) in [5.41, 5.74) is 1.03. The van der Waals surface area contributed by atoms with E-state index in [1.165, 1.54) is 12.4 Å². The van der Waals surface area contributed by atoms with Crippen molar-refractivity contribution in [2.75, 3.05) is 13.2 Å². The molecule has 1 N–H and O–H groups in total. The van der Waals surface area contributed by atoms with Crippen molar-refractivity contribution in [3.05, 3.63) is 36.4 Å². The highest BCUT2D eigenvalue weighted by Crippen LogP contribution is 2.18. The molecule has 0 aliphatic heterocycles. The Balaban J connectivity index is 1.89. The zero-order chi connectivity index (χ0) is 18.3. The molecule has 25 heavy (non-hydrogen) atoms. The number of aromatic nitrogens is 3. The van der Waals surface area contributed by atoms with Crippen molar-refractivity contribution < 1.29 is 19.1 Å². The summed E-state index contributed by atoms with van der Waals surface area (Å²) in [4.78, 5) is 34.6. The van der Waals surface area contributed by atoms with Crippen molar-refractivity contribution in [1.82, 2.24) is 20.3 Å². The second kappa shape index (κ2) is 8.18. The molecular formula is C17H20N4O4. The fourth-order valence-corrected chi connectivity index (χ4v) is 1.85. The van der Waals surface area contributed by atoms with Gasteiger partial charge in [-0.05, 0) is 32.9 Å². The van der Waals surface area contributed by atoms with E-state index in [-0.39, 0.29) is 13.2 Å². The van der Waals surface area contributed by atoms with Crippen LogP contribution in [0.3, 0.4) is 0 Å². The molecular weight excluding hydrogens is 324 g/mol. The molecule has 0 fully saturated rings. The van der Waals surface area contributed by atoms with E-state index < -0.39 is 11.7 Å². The summed E-state index contributed by atoms with van der Waals surface area (Å²) in [6, 6.07) is 3.34. The number of amides is 1. The minimum Gasteiger partial charge on any atom is -0.475 e. The van der Waals surface area contributed by atoms with Crippen LogP contribution >= 0.6 is 0 Å². The van der Waals surface area contributed by atoms with E-state index in [2.05, 4.69) is 20.3 Å². The monoisotopic (exact) mass is 344 g/mol. The van der Waals surface area contributed by atoms with Crippen molar-refractivity contribution >= 4 is 12.4 Å². The zero-order valence-corrected chi connectivity index (χ0v) is 14.4. The Kier molecular flexibility index (Phi) is 5.99. The predicted molar refractivity (Wildman–Crippen MR) is 90.4 cm³/mol. The Bertz CT molecular complexity index is 743. The second-order valence-corrected chi connectivity index (χ2v) is 6.11. The van der Waals surface area contributed by atoms with Gasteiger partial charge in [0.15, 0.2) is 6.29 Å². The molecule has 1 amide bonds. The number of carbonyl (C=O) groups excluding carboxylic acids is 2. The van der Waals surface area contributed by atoms with Crippen LogP contribution in [0.1, 0.15) is 31.3 Å². The number of aldehydes is 1. The van der Waals surface area contributed by atoms with Crippen molar-refractivity contribution in [3.8, 4) is 17.1 Å². The lowest BCUT2D eigenvalue weighted by molar-refractivity contribution is 0.0519. The third-order valence-electron chi connectivity index (χ3n) is 2.83. The smallest absolute Gasteiger partial charge is 0.407 e. The fraction of sp³-hybridized carbons (Fsp3) is 0.353. The molecule has 0 aromatic carbocycles. The molecule has 132 valence electrons. The number of rotatable bonds is 6. The molecule has 0 radical (unpaired) electrons. The summed E-state index contributed by atoms with van der Waals surface area (Å²) >= 11 is 0. The summed E-state index contributed by atoms with van der Waals surface area (Å²) in [5, 5.41) is 2.59. The number of hydrogen-bond acceptors (Lipinski definition) is 7. The Labute approximate surface area is 145 Å². The quantitative estimate of drug-likeness (QED) is 0.633. The van der Waals surface area contributed by atoms with Gasteiger partial charge in [-0.2, -0.15) is 0 Å². The SMILES string of the molecule is CC(C)(C)OC(=O)NCCOc1cncc(-c2ccnc(C=O)c2)n1. The molecule has 0 aliphatic rings. The number of pyridine rings is 1. The zero-order valence-electron chi connectivity index (χ0n) is 14.4. The normalized spacial score (nSPS) is 10.8. The predicted octanol–water partition coefficient (Wildman–Crippen LogP) is 2.25. The minimum absolute atomic E-state index is 0.216. The molecule has 2 aromatic heterocycles. The highest BCUT2D eigenvalue weighted by Gasteiger charge is 2.15. The molecule has 0 saturated heterocycles. The molecule has 0 atom stereocenters. The maximum atomic E-state index is 11.5. The Hall–Kier alpha value is -3.03. The van der Waals surface area contributed by atoms with Gasteiger partial charge in [0.05, 0.1) is 24.6 Å². The first-order valence-corrected chi connectivity index (χ1v) is 7.71. The maximum Gasteiger partial charge on any atom is 0.407 e. The highest BCUT2D eigenvalue weighted by atomic mass is 16.6. The lowest BCUT2D eigenvalue weighted by Crippen LogP contribution is -2.34. The Morgan fingerprint density at radius 1 is 1.32 bits per heavy atom. The van der Waals surface area contributed by atoms with Gasteiger partial charge in [-0.15, -0.1) is 0 Å². The molecule has 0 bridgehead atoms. The third kappa shape index (κ3) is 6.17. The van der Waals surface area contributed by atoms with Crippen molar-refractivity contribution in [1.29, 1.82) is 0 Å². The van der Waals surface area contributed by atoms with Crippen LogP contribution in [0.4, 0.5) is 4.79 Å². The van der Waals surface area contributed by atoms with E-state index in [0.29, 0.717) is 29.1 Å². The van der Waals surface area contributed by atoms with Crippen molar-refractivity contribution in [2.45, 2.75) is 26.4 Å². The molecule has 2 aromatic rings. The van der Waals surface area contributed by atoms with Gasteiger partial charge in [-0.3, -0.25) is 14.8 Å². The van der Waals surface area contributed by atoms with Gasteiger partial charge in [0.2, 0.25) is 5.88 Å². The van der Waals surface area contributed by atoms with E-state index in [1.54, 1.807) is 39.1 Å². The molecule has 0 aliphatic carbocycles. The van der Waals surface area contributed by atoms with E-state index in [9.17, 15) is 9.59 Å². The van der Waals surface area contributed by atoms with E-state index in [0.717, 1.165) is 0 Å². The molecule has 0 spiro atoms. The van der Waals surface area contributed by atoms with Crippen LogP contribution in [0.15, 0.2) is 30.7 Å². The summed E-state index contributed by atoms with van der Waals surface area (Å²) < 4.78 is 10.6. The van der Waals surface area contributed by atoms with Gasteiger partial charge in [0.25, 0.3) is 0 Å². The van der Waals surface area contributed by atoms with Crippen molar-refractivity contribution in [3.63, 3.8) is 0 Å². The van der Waals surface area contributed by atoms with Crippen LogP contribution in [-0.2, 0) is 4.74 Å². The molecule has 8 heteroatoms. The van der Waals surface area contributed by atoms with Crippen LogP contribution in [-0.4, -0.2) is 46.1 Å². The van der Waals surface area contributed by atoms with Gasteiger partial charge < -0.3 is 14.8 Å². The third-order valence-corrected chi connectivity index (χ3v) is 2.83. The van der Waals surface area contributed by atoms with Crippen LogP contribution < -0.4 is 10.1 Å². The van der Waals surface area contributed by atoms with E-state index in [1.807, 2.05) is 0 Å². The Morgan fingerprint density at radius 3 is 2.84 bits per heavy atom. The Morgan fingerprint density at radius 2 is 2.12 bits per heavy atom. The molecule has 2 heterocycles. The second-order valence-electron chi connectivity index (χ2n) is 6.11. The van der Waals surface area contributed by atoms with Gasteiger partial charge in [-0.1, -0.05) is 0 Å². The molecule has 0 unspecified atom stereocenters. The van der Waals surface area contributed by atoms with Crippen LogP contribution in [0.25, 0.3) is 11.3 Å². The molecule has 2 rings (SSSR count). The average molecular weight is 344 g/mol. The number of carbonyl (C=O) groups is 2. The molecule has 8 nitrogen and oxygen atoms in total. The van der Waals surface area contributed by atoms with Crippen LogP contribution in [0.5, 0.6) is 5.88 Å². The number of nitrogens with one attached hydrogen (secondary N) is 1. The summed E-state index contributed by atoms with van der Waals surface area (Å²) in [6.45, 7) is 5.86. The number of hydrogen-bond donors (Lipinski definition) is 1. The summed E-state index contributed by atoms with van der Waals surface area (Å²) in [6.07, 6.45) is 4.72. The highest BCUT2D eigenvalue weighted by molar-refractivity contribution is 5.75. The van der Waals surface area contributed by atoms with Crippen LogP contribution in [0, 0.1) is 0 Å². The van der Waals surface area contributed by atoms with Gasteiger partial charge in [0, 0.05) is 11.8 Å². The summed E-state index contributed by atoms with van der Waals surface area (Å²) in [7, 11) is 0. The van der Waals surface area contributed by atoms with Gasteiger partial charge >= 0.3 is 6.09 Å². The summed E-state index contributed by atoms with van der Waals surface area (Å²) in [5.74, 6) is 0.313. The number of nitrogens with zero attached hydrogens (tertiary/aromatic N) is 3. The van der Waals surface area contributed by atoms with Gasteiger partial charge in [0.1, 0.15) is 17.9 Å². The average Bonchev–Trinajstić information content (AvgIpc) is 2.57. The number of alkyl carbamates (subject to hydrolysis) is 1. The van der Waals surface area contributed by atoms with Crippen LogP contribution in [0.2, 0.25) is 0 Å². The lowest BCUT2D eigenvalue weighted by Gasteiger charge is -2.19. The fourth-order valence-electron chi connectivity index (χ4n) is 1.85. The topological polar surface area (TPSA) is 103 Å². The van der Waals surface area contributed by atoms with Crippen molar-refractivity contribution in [2.24, 2.45) is 0 Å². The first-order chi connectivity index (χ1) is 11.9. The lowest BCUT2D eigenvalue weighted by atomic mass is 10.2. The standard InChI is InChI=1S/C17H20N4O4/c1-17(2,3)25-16(23)20-6-7-24-15-10-18-9-14(21-15)12-4-5-19-13(8-12)11-22/h4-5,8-11H,6-7H2,1-3H3,(H,20,23). The largest absolute Gasteiger partial charge is 0.475 e.